The van der Waals surface area contributed by atoms with E-state index in [1.165, 1.54) is 6.20 Å². The minimum atomic E-state index is -4.51. The van der Waals surface area contributed by atoms with Crippen LogP contribution in [-0.4, -0.2) is 57.7 Å². The molecular weight excluding hydrogens is 504 g/mol. The second-order valence-electron chi connectivity index (χ2n) is 8.49. The Balaban J connectivity index is 1.58. The number of alkyl halides is 3. The number of halogens is 5. The average molecular weight is 525 g/mol. The van der Waals surface area contributed by atoms with Gasteiger partial charge >= 0.3 is 6.18 Å². The van der Waals surface area contributed by atoms with Crippen LogP contribution < -0.4 is 4.90 Å². The number of aryl methyl sites for hydroxylation is 1. The van der Waals surface area contributed by atoms with Crippen LogP contribution in [0.3, 0.4) is 0 Å². The Morgan fingerprint density at radius 2 is 1.83 bits per heavy atom. The van der Waals surface area contributed by atoms with Crippen molar-refractivity contribution in [3.63, 3.8) is 0 Å². The first-order chi connectivity index (χ1) is 16.5. The highest BCUT2D eigenvalue weighted by Gasteiger charge is 2.38. The summed E-state index contributed by atoms with van der Waals surface area (Å²) in [7, 11) is 1.70. The van der Waals surface area contributed by atoms with Gasteiger partial charge in [0.2, 0.25) is 5.95 Å². The molecule has 1 aromatic carbocycles. The third-order valence-corrected chi connectivity index (χ3v) is 6.68. The van der Waals surface area contributed by atoms with Crippen molar-refractivity contribution in [1.82, 2.24) is 25.1 Å². The molecule has 1 amide bonds. The minimum Gasteiger partial charge on any atom is -0.344 e. The van der Waals surface area contributed by atoms with Crippen molar-refractivity contribution >= 4 is 35.1 Å². The van der Waals surface area contributed by atoms with Gasteiger partial charge in [-0.15, -0.1) is 0 Å². The molecule has 35 heavy (non-hydrogen) atoms. The number of carbonyl (C=O) groups excluding carboxylic acids is 1. The highest BCUT2D eigenvalue weighted by molar-refractivity contribution is 6.42. The molecule has 0 saturated carbocycles. The van der Waals surface area contributed by atoms with E-state index in [1.54, 1.807) is 42.0 Å². The zero-order chi connectivity index (χ0) is 25.3. The number of rotatable bonds is 5. The molecule has 0 unspecified atom stereocenters. The highest BCUT2D eigenvalue weighted by atomic mass is 35.5. The fraction of sp³-hybridized carbons (Fsp3) is 0.348. The lowest BCUT2D eigenvalue weighted by molar-refractivity contribution is -0.138. The van der Waals surface area contributed by atoms with Gasteiger partial charge in [-0.05, 0) is 30.7 Å². The molecule has 3 heterocycles. The zero-order valence-electron chi connectivity index (χ0n) is 18.8. The molecule has 184 valence electrons. The van der Waals surface area contributed by atoms with Crippen molar-refractivity contribution in [3.8, 4) is 0 Å². The van der Waals surface area contributed by atoms with Crippen LogP contribution in [0.2, 0.25) is 10.0 Å². The second-order valence-corrected chi connectivity index (χ2v) is 9.30. The molecule has 12 heteroatoms. The molecule has 0 bridgehead atoms. The number of nitrogens with zero attached hydrogens (tertiary/aromatic N) is 6. The minimum absolute atomic E-state index is 0.0806. The third-order valence-electron chi connectivity index (χ3n) is 5.94. The molecular formula is C23H21Cl2F3N6O. The van der Waals surface area contributed by atoms with E-state index >= 15 is 0 Å². The average Bonchev–Trinajstić information content (AvgIpc) is 3.23. The van der Waals surface area contributed by atoms with Crippen molar-refractivity contribution in [2.45, 2.75) is 19.0 Å². The van der Waals surface area contributed by atoms with Crippen molar-refractivity contribution < 1.29 is 18.0 Å². The van der Waals surface area contributed by atoms with E-state index in [-0.39, 0.29) is 23.7 Å². The SMILES string of the molecule is Cc1cc(C(=O)N2C[C@@H](CN(C)c3ncc(C(F)(F)F)cn3)[C@@H](c3ccc(Cl)c(Cl)c3)C2)cnn1. The first-order valence-corrected chi connectivity index (χ1v) is 11.4. The van der Waals surface area contributed by atoms with Gasteiger partial charge < -0.3 is 9.80 Å². The lowest BCUT2D eigenvalue weighted by Gasteiger charge is -2.25. The number of carbonyl (C=O) groups is 1. The molecule has 4 rings (SSSR count). The largest absolute Gasteiger partial charge is 0.419 e. The maximum Gasteiger partial charge on any atom is 0.419 e. The van der Waals surface area contributed by atoms with Gasteiger partial charge in [0.15, 0.2) is 0 Å². The molecule has 1 saturated heterocycles. The van der Waals surface area contributed by atoms with Crippen molar-refractivity contribution in [1.29, 1.82) is 0 Å². The number of anilines is 1. The standard InChI is InChI=1S/C23H21Cl2F3N6O/c1-13-5-15(7-31-32-13)21(35)34-11-16(18(12-34)14-3-4-19(24)20(25)6-14)10-33(2)22-29-8-17(9-30-22)23(26,27)28/h3-9,16,18H,10-12H2,1-2H3/t16-,18-/m1/s1. The third kappa shape index (κ3) is 5.65. The number of benzene rings is 1. The predicted octanol–water partition coefficient (Wildman–Crippen LogP) is 4.89. The molecule has 1 aliphatic heterocycles. The fourth-order valence-corrected chi connectivity index (χ4v) is 4.52. The summed E-state index contributed by atoms with van der Waals surface area (Å²) in [6.07, 6.45) is -1.56. The Morgan fingerprint density at radius 1 is 1.11 bits per heavy atom. The number of hydrogen-bond donors (Lipinski definition) is 0. The molecule has 0 radical (unpaired) electrons. The van der Waals surface area contributed by atoms with E-state index in [0.717, 1.165) is 18.0 Å². The molecule has 1 aliphatic rings. The summed E-state index contributed by atoms with van der Waals surface area (Å²) < 4.78 is 38.6. The molecule has 1 fully saturated rings. The first kappa shape index (κ1) is 25.1. The van der Waals surface area contributed by atoms with Crippen LogP contribution in [0.5, 0.6) is 0 Å². The van der Waals surface area contributed by atoms with E-state index in [4.69, 9.17) is 23.2 Å². The summed E-state index contributed by atoms with van der Waals surface area (Å²) in [4.78, 5) is 24.4. The summed E-state index contributed by atoms with van der Waals surface area (Å²) in [5.74, 6) is -0.196. The van der Waals surface area contributed by atoms with Crippen LogP contribution in [0.25, 0.3) is 0 Å². The molecule has 2 atom stereocenters. The first-order valence-electron chi connectivity index (χ1n) is 10.7. The Labute approximate surface area is 209 Å². The van der Waals surface area contributed by atoms with Gasteiger partial charge in [0.1, 0.15) is 0 Å². The number of aromatic nitrogens is 4. The summed E-state index contributed by atoms with van der Waals surface area (Å²) in [6, 6.07) is 7.04. The predicted molar refractivity (Wildman–Crippen MR) is 126 cm³/mol. The summed E-state index contributed by atoms with van der Waals surface area (Å²) in [6.45, 7) is 2.99. The Kier molecular flexibility index (Phi) is 7.14. The molecule has 0 aliphatic carbocycles. The lowest BCUT2D eigenvalue weighted by atomic mass is 9.88. The van der Waals surface area contributed by atoms with E-state index in [2.05, 4.69) is 20.2 Å². The van der Waals surface area contributed by atoms with Crippen LogP contribution in [0.15, 0.2) is 42.9 Å². The van der Waals surface area contributed by atoms with Crippen LogP contribution in [0, 0.1) is 12.8 Å². The van der Waals surface area contributed by atoms with Crippen LogP contribution in [-0.2, 0) is 6.18 Å². The van der Waals surface area contributed by atoms with Gasteiger partial charge in [-0.2, -0.15) is 23.4 Å². The zero-order valence-corrected chi connectivity index (χ0v) is 20.3. The summed E-state index contributed by atoms with van der Waals surface area (Å²) >= 11 is 12.3. The Hall–Kier alpha value is -2.98. The quantitative estimate of drug-likeness (QED) is 0.472. The van der Waals surface area contributed by atoms with Crippen molar-refractivity contribution in [3.05, 3.63) is 75.3 Å². The topological polar surface area (TPSA) is 75.1 Å². The molecule has 7 nitrogen and oxygen atoms in total. The number of likely N-dealkylation sites (tertiary alicyclic amines) is 1. The Bertz CT molecular complexity index is 1220. The van der Waals surface area contributed by atoms with Gasteiger partial charge in [-0.3, -0.25) is 4.79 Å². The highest BCUT2D eigenvalue weighted by Crippen LogP contribution is 2.37. The molecule has 0 spiro atoms. The van der Waals surface area contributed by atoms with E-state index < -0.39 is 11.7 Å². The molecule has 3 aromatic rings. The maximum atomic E-state index is 13.2. The molecule has 2 aromatic heterocycles. The number of amides is 1. The normalized spacial score (nSPS) is 18.1. The van der Waals surface area contributed by atoms with Crippen molar-refractivity contribution in [2.75, 3.05) is 31.6 Å². The van der Waals surface area contributed by atoms with Crippen LogP contribution in [0.4, 0.5) is 19.1 Å². The molecule has 0 N–H and O–H groups in total. The van der Waals surface area contributed by atoms with Crippen LogP contribution >= 0.6 is 23.2 Å². The van der Waals surface area contributed by atoms with E-state index in [9.17, 15) is 18.0 Å². The lowest BCUT2D eigenvalue weighted by Crippen LogP contribution is -2.32. The van der Waals surface area contributed by atoms with E-state index in [0.29, 0.717) is 40.9 Å². The monoisotopic (exact) mass is 524 g/mol. The summed E-state index contributed by atoms with van der Waals surface area (Å²) in [5.41, 5.74) is 1.06. The van der Waals surface area contributed by atoms with Gasteiger partial charge in [-0.1, -0.05) is 29.3 Å². The Morgan fingerprint density at radius 3 is 2.46 bits per heavy atom. The van der Waals surface area contributed by atoms with Gasteiger partial charge in [-0.25, -0.2) is 9.97 Å². The van der Waals surface area contributed by atoms with Gasteiger partial charge in [0.05, 0.1) is 33.1 Å². The second kappa shape index (κ2) is 9.94. The number of hydrogen-bond acceptors (Lipinski definition) is 6. The fourth-order valence-electron chi connectivity index (χ4n) is 4.21. The maximum absolute atomic E-state index is 13.2. The smallest absolute Gasteiger partial charge is 0.344 e. The van der Waals surface area contributed by atoms with E-state index in [1.807, 2.05) is 6.07 Å². The van der Waals surface area contributed by atoms with Gasteiger partial charge in [0.25, 0.3) is 5.91 Å². The van der Waals surface area contributed by atoms with Gasteiger partial charge in [0, 0.05) is 50.9 Å². The summed E-state index contributed by atoms with van der Waals surface area (Å²) in [5, 5.41) is 8.60. The van der Waals surface area contributed by atoms with Crippen molar-refractivity contribution in [2.24, 2.45) is 5.92 Å². The van der Waals surface area contributed by atoms with Crippen LogP contribution in [0.1, 0.15) is 33.1 Å².